The predicted octanol–water partition coefficient (Wildman–Crippen LogP) is 5.47. The number of aliphatic hydroxyl groups is 1. The number of halogens is 2. The maximum Gasteiger partial charge on any atom is 0.227 e. The van der Waals surface area contributed by atoms with Crippen LogP contribution in [0, 0.1) is 0 Å². The van der Waals surface area contributed by atoms with Crippen LogP contribution in [0.5, 0.6) is 11.5 Å². The van der Waals surface area contributed by atoms with Crippen LogP contribution >= 0.6 is 23.2 Å². The van der Waals surface area contributed by atoms with E-state index in [4.69, 9.17) is 32.7 Å². The first-order valence-corrected chi connectivity index (χ1v) is 15.6. The van der Waals surface area contributed by atoms with Crippen LogP contribution in [-0.4, -0.2) is 71.8 Å². The smallest absolute Gasteiger partial charge is 0.227 e. The highest BCUT2D eigenvalue weighted by Gasteiger charge is 2.73. The van der Waals surface area contributed by atoms with Crippen molar-refractivity contribution in [2.24, 2.45) is 0 Å². The minimum Gasteiger partial charge on any atom is -0.493 e. The second kappa shape index (κ2) is 10.4. The summed E-state index contributed by atoms with van der Waals surface area (Å²) in [7, 11) is 3.53. The molecule has 2 aliphatic heterocycles. The van der Waals surface area contributed by atoms with Gasteiger partial charge in [0.15, 0.2) is 11.5 Å². The summed E-state index contributed by atoms with van der Waals surface area (Å²) < 4.78 is 12.6. The third kappa shape index (κ3) is 4.10. The van der Waals surface area contributed by atoms with Gasteiger partial charge in [0, 0.05) is 25.2 Å². The zero-order valence-corrected chi connectivity index (χ0v) is 25.5. The lowest BCUT2D eigenvalue weighted by Crippen LogP contribution is -2.78. The number of nitrogens with zero attached hydrogens (tertiary/aromatic N) is 2. The summed E-state index contributed by atoms with van der Waals surface area (Å²) in [6, 6.07) is 19.8. The first kappa shape index (κ1) is 28.0. The fourth-order valence-corrected chi connectivity index (χ4v) is 8.79. The number of carbonyl (C=O) groups excluding carboxylic acids is 1. The fraction of sp³-hybridized carbons (Fsp3) is 0.441. The largest absolute Gasteiger partial charge is 0.493 e. The number of ether oxygens (including phenoxy) is 2. The summed E-state index contributed by atoms with van der Waals surface area (Å²) >= 11 is 12.3. The molecule has 8 heteroatoms. The van der Waals surface area contributed by atoms with Gasteiger partial charge in [0.2, 0.25) is 5.91 Å². The Bertz CT molecular complexity index is 1530. The molecule has 1 saturated carbocycles. The van der Waals surface area contributed by atoms with Crippen LogP contribution in [0.2, 0.25) is 10.0 Å². The summed E-state index contributed by atoms with van der Waals surface area (Å²) in [6.45, 7) is 1.76. The van der Waals surface area contributed by atoms with E-state index >= 15 is 0 Å². The molecule has 6 nitrogen and oxygen atoms in total. The third-order valence-corrected chi connectivity index (χ3v) is 11.2. The Morgan fingerprint density at radius 1 is 1.10 bits per heavy atom. The van der Waals surface area contributed by atoms with Crippen LogP contribution in [0.4, 0.5) is 0 Å². The Balaban J connectivity index is 1.23. The second-order valence-electron chi connectivity index (χ2n) is 12.3. The van der Waals surface area contributed by atoms with Gasteiger partial charge in [-0.2, -0.15) is 0 Å². The maximum atomic E-state index is 13.7. The number of piperidine rings is 1. The summed E-state index contributed by atoms with van der Waals surface area (Å²) in [5.41, 5.74) is 2.86. The molecule has 220 valence electrons. The number of likely N-dealkylation sites (N-methyl/N-ethyl adjacent to an activating group) is 1. The molecule has 0 radical (unpaired) electrons. The second-order valence-corrected chi connectivity index (χ2v) is 13.2. The quantitative estimate of drug-likeness (QED) is 0.386. The summed E-state index contributed by atoms with van der Waals surface area (Å²) in [6.07, 6.45) is 3.57. The van der Waals surface area contributed by atoms with Gasteiger partial charge < -0.3 is 19.5 Å². The van der Waals surface area contributed by atoms with Gasteiger partial charge in [0.25, 0.3) is 0 Å². The highest BCUT2D eigenvalue weighted by Crippen LogP contribution is 2.65. The maximum absolute atomic E-state index is 13.7. The average molecular weight is 608 g/mol. The lowest BCUT2D eigenvalue weighted by molar-refractivity contribution is -0.199. The minimum atomic E-state index is -0.971. The van der Waals surface area contributed by atoms with Gasteiger partial charge in [-0.15, -0.1) is 0 Å². The van der Waals surface area contributed by atoms with Crippen molar-refractivity contribution in [2.45, 2.75) is 67.7 Å². The monoisotopic (exact) mass is 606 g/mol. The molecule has 1 spiro atoms. The molecule has 1 N–H and O–H groups in total. The Morgan fingerprint density at radius 3 is 2.67 bits per heavy atom. The highest BCUT2D eigenvalue weighted by molar-refractivity contribution is 6.42. The molecule has 1 amide bonds. The molecule has 4 aliphatic rings. The lowest BCUT2D eigenvalue weighted by Gasteiger charge is -2.64. The van der Waals surface area contributed by atoms with Gasteiger partial charge in [-0.1, -0.05) is 65.7 Å². The first-order chi connectivity index (χ1) is 20.3. The Labute approximate surface area is 257 Å². The van der Waals surface area contributed by atoms with Crippen molar-refractivity contribution in [1.29, 1.82) is 0 Å². The van der Waals surface area contributed by atoms with E-state index in [0.717, 1.165) is 49.2 Å². The van der Waals surface area contributed by atoms with Crippen molar-refractivity contribution in [2.75, 3.05) is 27.2 Å². The molecule has 1 saturated heterocycles. The number of methoxy groups -OCH3 is 1. The van der Waals surface area contributed by atoms with Crippen LogP contribution in [-0.2, 0) is 29.5 Å². The number of likely N-dealkylation sites (tertiary alicyclic amines) is 1. The number of hydrogen-bond donors (Lipinski definition) is 1. The molecule has 2 fully saturated rings. The van der Waals surface area contributed by atoms with Gasteiger partial charge in [-0.05, 0) is 73.5 Å². The van der Waals surface area contributed by atoms with Crippen molar-refractivity contribution in [3.8, 4) is 11.5 Å². The van der Waals surface area contributed by atoms with E-state index in [9.17, 15) is 9.90 Å². The van der Waals surface area contributed by atoms with Gasteiger partial charge in [-0.25, -0.2) is 0 Å². The summed E-state index contributed by atoms with van der Waals surface area (Å²) in [5.74, 6) is 1.42. The normalized spacial score (nSPS) is 29.0. The van der Waals surface area contributed by atoms with Crippen LogP contribution in [0.1, 0.15) is 41.5 Å². The standard InChI is InChI=1S/C34H36Cl2N2O4/c1-37(29(39)19-22-8-10-24(35)25(36)18-22)26-12-14-34(40)28-20-23-9-11-27(41-2)31-30(23)33(34,32(26)42-31)15-17-38(28)16-13-21-6-4-3-5-7-21/h3-11,18,26,28,32,40H,12-17,19-20H2,1-2H3/t26-,28+,32-,33-,34+/m0/s1. The first-order valence-electron chi connectivity index (χ1n) is 14.8. The van der Waals surface area contributed by atoms with Crippen LogP contribution in [0.15, 0.2) is 60.7 Å². The summed E-state index contributed by atoms with van der Waals surface area (Å²) in [4.78, 5) is 18.0. The van der Waals surface area contributed by atoms with E-state index < -0.39 is 11.0 Å². The molecule has 3 aromatic rings. The van der Waals surface area contributed by atoms with Crippen molar-refractivity contribution in [3.05, 3.63) is 93.0 Å². The van der Waals surface area contributed by atoms with E-state index in [0.29, 0.717) is 28.6 Å². The topological polar surface area (TPSA) is 62.2 Å². The summed E-state index contributed by atoms with van der Waals surface area (Å²) in [5, 5.41) is 13.8. The number of carbonyl (C=O) groups is 1. The Hall–Kier alpha value is -2.77. The van der Waals surface area contributed by atoms with Gasteiger partial charge >= 0.3 is 0 Å². The van der Waals surface area contributed by atoms with Crippen LogP contribution in [0.3, 0.4) is 0 Å². The van der Waals surface area contributed by atoms with Gasteiger partial charge in [0.1, 0.15) is 6.10 Å². The van der Waals surface area contributed by atoms with Crippen LogP contribution in [0.25, 0.3) is 0 Å². The molecule has 2 heterocycles. The molecule has 0 aromatic heterocycles. The lowest BCUT2D eigenvalue weighted by atomic mass is 9.48. The fourth-order valence-electron chi connectivity index (χ4n) is 8.47. The minimum absolute atomic E-state index is 0.0142. The van der Waals surface area contributed by atoms with E-state index in [1.54, 1.807) is 19.2 Å². The van der Waals surface area contributed by atoms with Crippen molar-refractivity contribution < 1.29 is 19.4 Å². The molecule has 2 aliphatic carbocycles. The number of benzene rings is 3. The van der Waals surface area contributed by atoms with Crippen molar-refractivity contribution in [3.63, 3.8) is 0 Å². The molecule has 5 atom stereocenters. The zero-order chi connectivity index (χ0) is 29.2. The van der Waals surface area contributed by atoms with E-state index in [1.807, 2.05) is 30.1 Å². The molecule has 2 bridgehead atoms. The average Bonchev–Trinajstić information content (AvgIpc) is 3.34. The predicted molar refractivity (Wildman–Crippen MR) is 164 cm³/mol. The Kier molecular flexibility index (Phi) is 6.97. The molecule has 0 unspecified atom stereocenters. The zero-order valence-electron chi connectivity index (χ0n) is 24.0. The van der Waals surface area contributed by atoms with E-state index in [1.165, 1.54) is 11.1 Å². The van der Waals surface area contributed by atoms with E-state index in [-0.39, 0.29) is 30.5 Å². The molecular formula is C34H36Cl2N2O4. The number of amides is 1. The van der Waals surface area contributed by atoms with Crippen molar-refractivity contribution >= 4 is 29.1 Å². The molecular weight excluding hydrogens is 571 g/mol. The van der Waals surface area contributed by atoms with Gasteiger partial charge in [-0.3, -0.25) is 9.69 Å². The molecule has 7 rings (SSSR count). The third-order valence-electron chi connectivity index (χ3n) is 10.5. The van der Waals surface area contributed by atoms with Crippen LogP contribution < -0.4 is 9.47 Å². The van der Waals surface area contributed by atoms with Gasteiger partial charge in [0.05, 0.1) is 40.6 Å². The Morgan fingerprint density at radius 2 is 1.90 bits per heavy atom. The SMILES string of the molecule is COc1ccc2c3c1O[C@H]1[C@@H](N(C)C(=O)Cc4ccc(Cl)c(Cl)c4)CC[C@@]4(O)[C@@H](C2)N(CCc2ccccc2)CC[C@]314. The van der Waals surface area contributed by atoms with Crippen molar-refractivity contribution in [1.82, 2.24) is 9.80 Å². The molecule has 42 heavy (non-hydrogen) atoms. The highest BCUT2D eigenvalue weighted by atomic mass is 35.5. The number of rotatable bonds is 7. The van der Waals surface area contributed by atoms with E-state index in [2.05, 4.69) is 35.2 Å². The molecule has 3 aromatic carbocycles. The number of hydrogen-bond acceptors (Lipinski definition) is 5.